The molecular weight excluding hydrogens is 388 g/mol. The Morgan fingerprint density at radius 3 is 2.79 bits per heavy atom. The van der Waals surface area contributed by atoms with E-state index in [9.17, 15) is 4.79 Å². The van der Waals surface area contributed by atoms with E-state index < -0.39 is 0 Å². The van der Waals surface area contributed by atoms with Gasteiger partial charge in [-0.05, 0) is 35.7 Å². The van der Waals surface area contributed by atoms with Gasteiger partial charge < -0.3 is 5.32 Å². The number of benzene rings is 2. The van der Waals surface area contributed by atoms with E-state index in [4.69, 9.17) is 11.6 Å². The van der Waals surface area contributed by atoms with Crippen molar-refractivity contribution in [3.8, 4) is 0 Å². The van der Waals surface area contributed by atoms with E-state index in [0.717, 1.165) is 20.9 Å². The Morgan fingerprint density at radius 1 is 1.21 bits per heavy atom. The molecule has 1 unspecified atom stereocenters. The molecule has 1 N–H and O–H groups in total. The number of fused-ring (bicyclic) bond motifs is 1. The van der Waals surface area contributed by atoms with Crippen molar-refractivity contribution in [3.05, 3.63) is 69.8 Å². The lowest BCUT2D eigenvalue weighted by Crippen LogP contribution is -2.15. The molecular formula is C19H16BrClN2O. The van der Waals surface area contributed by atoms with Crippen LogP contribution in [0.15, 0.2) is 59.2 Å². The minimum absolute atomic E-state index is 0.0355. The fraction of sp³-hybridized carbons (Fsp3) is 0.158. The molecule has 1 aromatic heterocycles. The summed E-state index contributed by atoms with van der Waals surface area (Å²) in [6.07, 6.45) is 2.07. The third-order valence-electron chi connectivity index (χ3n) is 3.92. The Balaban J connectivity index is 1.79. The molecule has 0 fully saturated rings. The topological polar surface area (TPSA) is 42.0 Å². The lowest BCUT2D eigenvalue weighted by molar-refractivity contribution is -0.116. The Hall–Kier alpha value is -1.91. The third kappa shape index (κ3) is 3.60. The maximum Gasteiger partial charge on any atom is 0.225 e. The molecule has 0 saturated heterocycles. The summed E-state index contributed by atoms with van der Waals surface area (Å²) in [6.45, 7) is 2.00. The van der Waals surface area contributed by atoms with Gasteiger partial charge in [0.2, 0.25) is 5.91 Å². The van der Waals surface area contributed by atoms with E-state index in [0.29, 0.717) is 17.1 Å². The molecule has 0 aliphatic carbocycles. The van der Waals surface area contributed by atoms with Crippen LogP contribution in [0.5, 0.6) is 0 Å². The SMILES string of the molecule is CC(CC(=O)Nc1ccc(Br)c2cccnc12)c1ccccc1Cl. The number of amides is 1. The molecule has 1 atom stereocenters. The van der Waals surface area contributed by atoms with Gasteiger partial charge in [0, 0.05) is 27.5 Å². The number of carbonyl (C=O) groups excluding carboxylic acids is 1. The standard InChI is InChI=1S/C19H16BrClN2O/c1-12(13-5-2-3-7-16(13)21)11-18(24)23-17-9-8-15(20)14-6-4-10-22-19(14)17/h2-10,12H,11H2,1H3,(H,23,24). The molecule has 0 radical (unpaired) electrons. The van der Waals surface area contributed by atoms with Gasteiger partial charge in [0.25, 0.3) is 0 Å². The minimum atomic E-state index is -0.0586. The molecule has 0 saturated carbocycles. The first-order valence-corrected chi connectivity index (χ1v) is 8.81. The number of hydrogen-bond acceptors (Lipinski definition) is 2. The molecule has 24 heavy (non-hydrogen) atoms. The van der Waals surface area contributed by atoms with Crippen molar-refractivity contribution in [1.82, 2.24) is 4.98 Å². The monoisotopic (exact) mass is 402 g/mol. The Labute approximate surface area is 154 Å². The van der Waals surface area contributed by atoms with E-state index in [-0.39, 0.29) is 11.8 Å². The quantitative estimate of drug-likeness (QED) is 0.599. The van der Waals surface area contributed by atoms with Gasteiger partial charge in [0.05, 0.1) is 11.2 Å². The Bertz CT molecular complexity index is 897. The van der Waals surface area contributed by atoms with Crippen molar-refractivity contribution in [1.29, 1.82) is 0 Å². The number of aromatic nitrogens is 1. The first-order valence-electron chi connectivity index (χ1n) is 7.64. The van der Waals surface area contributed by atoms with E-state index in [1.54, 1.807) is 6.20 Å². The third-order valence-corrected chi connectivity index (χ3v) is 4.95. The maximum atomic E-state index is 12.4. The van der Waals surface area contributed by atoms with Gasteiger partial charge in [-0.1, -0.05) is 58.7 Å². The number of carbonyl (C=O) groups is 1. The van der Waals surface area contributed by atoms with E-state index in [1.165, 1.54) is 0 Å². The largest absolute Gasteiger partial charge is 0.324 e. The Kier molecular flexibility index (Phi) is 5.17. The van der Waals surface area contributed by atoms with Gasteiger partial charge in [0.15, 0.2) is 0 Å². The molecule has 0 aliphatic rings. The normalized spacial score (nSPS) is 12.1. The van der Waals surface area contributed by atoms with Crippen LogP contribution in [0.1, 0.15) is 24.8 Å². The van der Waals surface area contributed by atoms with Gasteiger partial charge in [-0.3, -0.25) is 9.78 Å². The zero-order valence-corrected chi connectivity index (χ0v) is 15.4. The number of anilines is 1. The van der Waals surface area contributed by atoms with Gasteiger partial charge in [-0.2, -0.15) is 0 Å². The van der Waals surface area contributed by atoms with Crippen LogP contribution >= 0.6 is 27.5 Å². The zero-order chi connectivity index (χ0) is 17.1. The summed E-state index contributed by atoms with van der Waals surface area (Å²) >= 11 is 9.72. The predicted molar refractivity (Wildman–Crippen MR) is 103 cm³/mol. The second-order valence-corrected chi connectivity index (χ2v) is 6.93. The second kappa shape index (κ2) is 7.32. The van der Waals surface area contributed by atoms with Crippen molar-refractivity contribution in [2.45, 2.75) is 19.3 Å². The maximum absolute atomic E-state index is 12.4. The molecule has 1 amide bonds. The predicted octanol–water partition coefficient (Wildman–Crippen LogP) is 5.78. The lowest BCUT2D eigenvalue weighted by Gasteiger charge is -2.14. The number of halogens is 2. The van der Waals surface area contributed by atoms with E-state index in [2.05, 4.69) is 26.2 Å². The lowest BCUT2D eigenvalue weighted by atomic mass is 9.97. The summed E-state index contributed by atoms with van der Waals surface area (Å²) in [6, 6.07) is 15.2. The molecule has 122 valence electrons. The zero-order valence-electron chi connectivity index (χ0n) is 13.1. The Morgan fingerprint density at radius 2 is 2.00 bits per heavy atom. The van der Waals surface area contributed by atoms with Crippen LogP contribution in [0.3, 0.4) is 0 Å². The summed E-state index contributed by atoms with van der Waals surface area (Å²) < 4.78 is 0.952. The van der Waals surface area contributed by atoms with Crippen LogP contribution in [-0.4, -0.2) is 10.9 Å². The minimum Gasteiger partial charge on any atom is -0.324 e. The van der Waals surface area contributed by atoms with E-state index >= 15 is 0 Å². The summed E-state index contributed by atoms with van der Waals surface area (Å²) in [5.41, 5.74) is 2.46. The van der Waals surface area contributed by atoms with Crippen molar-refractivity contribution in [3.63, 3.8) is 0 Å². The number of rotatable bonds is 4. The van der Waals surface area contributed by atoms with Crippen molar-refractivity contribution in [2.24, 2.45) is 0 Å². The molecule has 0 aliphatic heterocycles. The molecule has 2 aromatic carbocycles. The summed E-state index contributed by atoms with van der Waals surface area (Å²) in [5, 5.41) is 4.62. The van der Waals surface area contributed by atoms with Crippen molar-refractivity contribution >= 4 is 50.0 Å². The number of hydrogen-bond donors (Lipinski definition) is 1. The van der Waals surface area contributed by atoms with Gasteiger partial charge >= 0.3 is 0 Å². The molecule has 1 heterocycles. The van der Waals surface area contributed by atoms with Crippen LogP contribution in [0, 0.1) is 0 Å². The highest BCUT2D eigenvalue weighted by Gasteiger charge is 2.15. The van der Waals surface area contributed by atoms with Crippen LogP contribution in [0.2, 0.25) is 5.02 Å². The second-order valence-electron chi connectivity index (χ2n) is 5.67. The first kappa shape index (κ1) is 16.9. The summed E-state index contributed by atoms with van der Waals surface area (Å²) in [7, 11) is 0. The highest BCUT2D eigenvalue weighted by Crippen LogP contribution is 2.30. The number of nitrogens with zero attached hydrogens (tertiary/aromatic N) is 1. The van der Waals surface area contributed by atoms with Crippen LogP contribution in [0.25, 0.3) is 10.9 Å². The molecule has 3 aromatic rings. The van der Waals surface area contributed by atoms with Gasteiger partial charge in [-0.25, -0.2) is 0 Å². The van der Waals surface area contributed by atoms with E-state index in [1.807, 2.05) is 55.5 Å². The van der Waals surface area contributed by atoms with Crippen molar-refractivity contribution < 1.29 is 4.79 Å². The van der Waals surface area contributed by atoms with Crippen LogP contribution in [0.4, 0.5) is 5.69 Å². The average Bonchev–Trinajstić information content (AvgIpc) is 2.58. The fourth-order valence-corrected chi connectivity index (χ4v) is 3.48. The summed E-state index contributed by atoms with van der Waals surface area (Å²) in [5.74, 6) is -0.0231. The first-order chi connectivity index (χ1) is 11.6. The highest BCUT2D eigenvalue weighted by atomic mass is 79.9. The molecule has 0 spiro atoms. The number of nitrogens with one attached hydrogen (secondary N) is 1. The fourth-order valence-electron chi connectivity index (χ4n) is 2.70. The smallest absolute Gasteiger partial charge is 0.225 e. The van der Waals surface area contributed by atoms with Crippen LogP contribution in [-0.2, 0) is 4.79 Å². The van der Waals surface area contributed by atoms with Gasteiger partial charge in [0.1, 0.15) is 0 Å². The number of pyridine rings is 1. The molecule has 0 bridgehead atoms. The molecule has 5 heteroatoms. The highest BCUT2D eigenvalue weighted by molar-refractivity contribution is 9.10. The molecule has 3 rings (SSSR count). The van der Waals surface area contributed by atoms with Crippen molar-refractivity contribution in [2.75, 3.05) is 5.32 Å². The summed E-state index contributed by atoms with van der Waals surface area (Å²) in [4.78, 5) is 16.8. The average molecular weight is 404 g/mol. The van der Waals surface area contributed by atoms with Crippen LogP contribution < -0.4 is 5.32 Å². The van der Waals surface area contributed by atoms with Gasteiger partial charge in [-0.15, -0.1) is 0 Å². The molecule has 3 nitrogen and oxygen atoms in total.